The van der Waals surface area contributed by atoms with Gasteiger partial charge in [-0.05, 0) is 38.7 Å². The molecule has 0 saturated heterocycles. The Bertz CT molecular complexity index is 728. The van der Waals surface area contributed by atoms with Gasteiger partial charge in [0, 0.05) is 31.2 Å². The van der Waals surface area contributed by atoms with E-state index in [0.29, 0.717) is 17.7 Å². The fourth-order valence-corrected chi connectivity index (χ4v) is 2.09. The van der Waals surface area contributed by atoms with Gasteiger partial charge in [0.05, 0.1) is 11.1 Å². The number of nitrogens with one attached hydrogen (secondary N) is 2. The summed E-state index contributed by atoms with van der Waals surface area (Å²) in [4.78, 5) is 30.4. The zero-order valence-corrected chi connectivity index (χ0v) is 14.2. The third kappa shape index (κ3) is 4.89. The van der Waals surface area contributed by atoms with Gasteiger partial charge >= 0.3 is 0 Å². The maximum atomic E-state index is 12.4. The van der Waals surface area contributed by atoms with E-state index in [2.05, 4.69) is 15.6 Å². The van der Waals surface area contributed by atoms with E-state index in [1.165, 1.54) is 12.4 Å². The van der Waals surface area contributed by atoms with Crippen LogP contribution >= 0.6 is 0 Å². The summed E-state index contributed by atoms with van der Waals surface area (Å²) in [6.07, 6.45) is 2.90. The van der Waals surface area contributed by atoms with Crippen molar-refractivity contribution in [1.29, 1.82) is 0 Å². The lowest BCUT2D eigenvalue weighted by molar-refractivity contribution is 0.0950. The van der Waals surface area contributed by atoms with Crippen molar-refractivity contribution in [2.24, 2.45) is 0 Å². The number of carbonyl (C=O) groups is 2. The van der Waals surface area contributed by atoms with Crippen LogP contribution in [0, 0.1) is 6.92 Å². The summed E-state index contributed by atoms with van der Waals surface area (Å²) in [5.41, 5.74) is 2.42. The Kier molecular flexibility index (Phi) is 6.03. The molecule has 1 heterocycles. The number of amides is 2. The molecule has 0 radical (unpaired) electrons. The number of likely N-dealkylation sites (N-methyl/N-ethyl adjacent to an activating group) is 1. The molecule has 0 aliphatic carbocycles. The molecule has 6 nitrogen and oxygen atoms in total. The third-order valence-corrected chi connectivity index (χ3v) is 3.50. The first-order chi connectivity index (χ1) is 11.5. The first-order valence-corrected chi connectivity index (χ1v) is 7.72. The molecular formula is C18H22N4O2. The number of aromatic nitrogens is 1. The van der Waals surface area contributed by atoms with Crippen LogP contribution in [-0.2, 0) is 0 Å². The summed E-state index contributed by atoms with van der Waals surface area (Å²) in [5, 5.41) is 5.64. The molecule has 0 aliphatic rings. The predicted octanol–water partition coefficient (Wildman–Crippen LogP) is 1.93. The molecule has 0 unspecified atom stereocenters. The van der Waals surface area contributed by atoms with Crippen molar-refractivity contribution in [3.05, 3.63) is 59.4 Å². The van der Waals surface area contributed by atoms with E-state index in [4.69, 9.17) is 0 Å². The second kappa shape index (κ2) is 8.21. The second-order valence-electron chi connectivity index (χ2n) is 5.79. The van der Waals surface area contributed by atoms with Crippen LogP contribution in [0.25, 0.3) is 0 Å². The van der Waals surface area contributed by atoms with Crippen LogP contribution in [0.4, 0.5) is 5.69 Å². The Hall–Kier alpha value is -2.73. The predicted molar refractivity (Wildman–Crippen MR) is 94.3 cm³/mol. The lowest BCUT2D eigenvalue weighted by Crippen LogP contribution is -2.31. The number of hydrogen-bond donors (Lipinski definition) is 2. The van der Waals surface area contributed by atoms with Gasteiger partial charge in [-0.2, -0.15) is 0 Å². The Labute approximate surface area is 141 Å². The molecule has 2 N–H and O–H groups in total. The van der Waals surface area contributed by atoms with Gasteiger partial charge in [0.25, 0.3) is 11.8 Å². The molecule has 2 rings (SSSR count). The van der Waals surface area contributed by atoms with Crippen molar-refractivity contribution >= 4 is 17.5 Å². The molecule has 24 heavy (non-hydrogen) atoms. The van der Waals surface area contributed by atoms with Crippen LogP contribution in [0.3, 0.4) is 0 Å². The van der Waals surface area contributed by atoms with Crippen molar-refractivity contribution in [1.82, 2.24) is 15.2 Å². The number of nitrogens with zero attached hydrogens (tertiary/aromatic N) is 2. The lowest BCUT2D eigenvalue weighted by atomic mass is 10.1. The molecule has 0 spiro atoms. The van der Waals surface area contributed by atoms with E-state index in [0.717, 1.165) is 17.8 Å². The van der Waals surface area contributed by atoms with Crippen LogP contribution in [0.1, 0.15) is 26.3 Å². The summed E-state index contributed by atoms with van der Waals surface area (Å²) in [6, 6.07) is 9.06. The van der Waals surface area contributed by atoms with Gasteiger partial charge in [0.15, 0.2) is 0 Å². The van der Waals surface area contributed by atoms with Gasteiger partial charge in [-0.25, -0.2) is 0 Å². The average molecular weight is 326 g/mol. The van der Waals surface area contributed by atoms with Gasteiger partial charge < -0.3 is 15.5 Å². The number of hydrogen-bond acceptors (Lipinski definition) is 4. The molecule has 2 aromatic rings. The largest absolute Gasteiger partial charge is 0.351 e. The summed E-state index contributed by atoms with van der Waals surface area (Å²) in [7, 11) is 3.87. The number of anilines is 1. The average Bonchev–Trinajstić information content (AvgIpc) is 2.56. The number of rotatable bonds is 6. The smallest absolute Gasteiger partial charge is 0.257 e. The van der Waals surface area contributed by atoms with Crippen molar-refractivity contribution < 1.29 is 9.59 Å². The Morgan fingerprint density at radius 2 is 1.75 bits per heavy atom. The molecule has 1 aromatic carbocycles. The van der Waals surface area contributed by atoms with Gasteiger partial charge in [-0.1, -0.05) is 18.2 Å². The topological polar surface area (TPSA) is 74.3 Å². The van der Waals surface area contributed by atoms with E-state index in [1.54, 1.807) is 6.07 Å². The van der Waals surface area contributed by atoms with Gasteiger partial charge in [-0.3, -0.25) is 14.6 Å². The van der Waals surface area contributed by atoms with Crippen molar-refractivity contribution in [2.75, 3.05) is 32.5 Å². The second-order valence-corrected chi connectivity index (χ2v) is 5.79. The van der Waals surface area contributed by atoms with Crippen molar-refractivity contribution in [3.8, 4) is 0 Å². The van der Waals surface area contributed by atoms with E-state index in [9.17, 15) is 9.59 Å². The lowest BCUT2D eigenvalue weighted by Gasteiger charge is -2.11. The Balaban J connectivity index is 2.05. The molecule has 0 saturated carbocycles. The minimum atomic E-state index is -0.292. The van der Waals surface area contributed by atoms with Crippen LogP contribution in [0.5, 0.6) is 0 Å². The van der Waals surface area contributed by atoms with Crippen molar-refractivity contribution in [3.63, 3.8) is 0 Å². The SMILES string of the molecule is Cc1ccccc1NC(=O)c1cncc(C(=O)NCCN(C)C)c1. The summed E-state index contributed by atoms with van der Waals surface area (Å²) in [5.74, 6) is -0.533. The highest BCUT2D eigenvalue weighted by atomic mass is 16.2. The standard InChI is InChI=1S/C18H22N4O2/c1-13-6-4-5-7-16(13)21-18(24)15-10-14(11-19-12-15)17(23)20-8-9-22(2)3/h4-7,10-12H,8-9H2,1-3H3,(H,20,23)(H,21,24). The maximum Gasteiger partial charge on any atom is 0.257 e. The minimum Gasteiger partial charge on any atom is -0.351 e. The molecule has 126 valence electrons. The zero-order valence-electron chi connectivity index (χ0n) is 14.2. The summed E-state index contributed by atoms with van der Waals surface area (Å²) >= 11 is 0. The van der Waals surface area contributed by atoms with Crippen LogP contribution in [-0.4, -0.2) is 48.9 Å². The van der Waals surface area contributed by atoms with Gasteiger partial charge in [0.2, 0.25) is 0 Å². The third-order valence-electron chi connectivity index (χ3n) is 3.50. The van der Waals surface area contributed by atoms with Crippen LogP contribution in [0.2, 0.25) is 0 Å². The molecule has 0 fully saturated rings. The maximum absolute atomic E-state index is 12.4. The molecule has 0 bridgehead atoms. The van der Waals surface area contributed by atoms with Crippen LogP contribution < -0.4 is 10.6 Å². The normalized spacial score (nSPS) is 10.5. The van der Waals surface area contributed by atoms with E-state index in [1.807, 2.05) is 50.2 Å². The first-order valence-electron chi connectivity index (χ1n) is 7.72. The Morgan fingerprint density at radius 1 is 1.08 bits per heavy atom. The molecular weight excluding hydrogens is 304 g/mol. The fourth-order valence-electron chi connectivity index (χ4n) is 2.09. The van der Waals surface area contributed by atoms with Gasteiger partial charge in [-0.15, -0.1) is 0 Å². The molecule has 2 amide bonds. The number of pyridine rings is 1. The first kappa shape index (κ1) is 17.6. The van der Waals surface area contributed by atoms with Crippen molar-refractivity contribution in [2.45, 2.75) is 6.92 Å². The van der Waals surface area contributed by atoms with E-state index >= 15 is 0 Å². The molecule has 6 heteroatoms. The molecule has 0 atom stereocenters. The number of benzene rings is 1. The quantitative estimate of drug-likeness (QED) is 0.851. The summed E-state index contributed by atoms with van der Waals surface area (Å²) in [6.45, 7) is 3.20. The highest BCUT2D eigenvalue weighted by molar-refractivity contribution is 6.06. The highest BCUT2D eigenvalue weighted by Gasteiger charge is 2.12. The molecule has 1 aromatic heterocycles. The highest BCUT2D eigenvalue weighted by Crippen LogP contribution is 2.14. The van der Waals surface area contributed by atoms with Gasteiger partial charge in [0.1, 0.15) is 0 Å². The summed E-state index contributed by atoms with van der Waals surface area (Å²) < 4.78 is 0. The van der Waals surface area contributed by atoms with E-state index in [-0.39, 0.29) is 11.8 Å². The van der Waals surface area contributed by atoms with E-state index < -0.39 is 0 Å². The minimum absolute atomic E-state index is 0.241. The number of carbonyl (C=O) groups excluding carboxylic acids is 2. The fraction of sp³-hybridized carbons (Fsp3) is 0.278. The monoisotopic (exact) mass is 326 g/mol. The molecule has 0 aliphatic heterocycles. The van der Waals surface area contributed by atoms with Crippen LogP contribution in [0.15, 0.2) is 42.7 Å². The zero-order chi connectivity index (χ0) is 17.5. The number of para-hydroxylation sites is 1. The Morgan fingerprint density at radius 3 is 2.42 bits per heavy atom. The number of aryl methyl sites for hydroxylation is 1.